The van der Waals surface area contributed by atoms with E-state index in [1.807, 2.05) is 12.1 Å². The van der Waals surface area contributed by atoms with Gasteiger partial charge in [0.1, 0.15) is 0 Å². The van der Waals surface area contributed by atoms with Gasteiger partial charge in [0.05, 0.1) is 11.5 Å². The number of Topliss-reactive ketones (excluding diaryl/α,β-unsaturated/α-hetero) is 1. The summed E-state index contributed by atoms with van der Waals surface area (Å²) in [6.45, 7) is 2.47. The van der Waals surface area contributed by atoms with Crippen LogP contribution in [0, 0.1) is 0 Å². The van der Waals surface area contributed by atoms with Gasteiger partial charge in [-0.25, -0.2) is 0 Å². The number of hydrogen-bond acceptors (Lipinski definition) is 4. The van der Waals surface area contributed by atoms with Crippen molar-refractivity contribution >= 4 is 30.0 Å². The van der Waals surface area contributed by atoms with Crippen LogP contribution in [-0.4, -0.2) is 19.0 Å². The Labute approximate surface area is 136 Å². The van der Waals surface area contributed by atoms with E-state index in [1.54, 1.807) is 0 Å². The first kappa shape index (κ1) is 18.2. The zero-order chi connectivity index (χ0) is 17.2. The van der Waals surface area contributed by atoms with E-state index in [4.69, 9.17) is 5.73 Å². The molecule has 0 unspecified atom stereocenters. The zero-order valence-electron chi connectivity index (χ0n) is 13.2. The van der Waals surface area contributed by atoms with E-state index in [0.717, 1.165) is 6.92 Å². The van der Waals surface area contributed by atoms with Gasteiger partial charge in [0.15, 0.2) is 5.78 Å². The van der Waals surface area contributed by atoms with Crippen molar-refractivity contribution in [2.75, 3.05) is 0 Å². The van der Waals surface area contributed by atoms with E-state index < -0.39 is 17.3 Å². The van der Waals surface area contributed by atoms with Crippen molar-refractivity contribution < 1.29 is 14.7 Å². The second kappa shape index (κ2) is 9.25. The Balaban J connectivity index is 0.000000241. The van der Waals surface area contributed by atoms with Gasteiger partial charge in [-0.1, -0.05) is 0 Å². The molecule has 116 valence electrons. The molecule has 5 heteroatoms. The normalized spacial score (nSPS) is 10.5. The van der Waals surface area contributed by atoms with Gasteiger partial charge in [0.2, 0.25) is 0 Å². The van der Waals surface area contributed by atoms with Gasteiger partial charge in [0.25, 0.3) is 0 Å². The van der Waals surface area contributed by atoms with Crippen LogP contribution in [0.3, 0.4) is 0 Å². The number of ketones is 1. The van der Waals surface area contributed by atoms with Crippen LogP contribution in [0.5, 0.6) is 0 Å². The number of carboxylic acid groups (broad SMARTS) is 1. The number of carboxylic acids is 1. The molecule has 0 aliphatic heterocycles. The van der Waals surface area contributed by atoms with Gasteiger partial charge in [-0.15, -0.1) is 0 Å². The Hall–Kier alpha value is -2.82. The van der Waals surface area contributed by atoms with E-state index in [0.29, 0.717) is 0 Å². The van der Waals surface area contributed by atoms with E-state index >= 15 is 0 Å². The molecule has 0 bridgehead atoms. The average molecular weight is 307 g/mol. The molecule has 0 spiro atoms. The first-order chi connectivity index (χ1) is 10.9. The second-order valence-corrected chi connectivity index (χ2v) is 4.87. The molecule has 0 fully saturated rings. The molecule has 2 aromatic carbocycles. The van der Waals surface area contributed by atoms with Crippen LogP contribution < -0.4 is 21.8 Å². The van der Waals surface area contributed by atoms with Crippen LogP contribution in [0.25, 0.3) is 0 Å². The van der Waals surface area contributed by atoms with Crippen LogP contribution in [0.15, 0.2) is 71.9 Å². The van der Waals surface area contributed by atoms with Gasteiger partial charge in [-0.05, 0) is 13.8 Å². The first-order valence-electron chi connectivity index (χ1n) is 7.05. The number of carbonyl (C=O) groups excluding carboxylic acids is 2. The van der Waals surface area contributed by atoms with Gasteiger partial charge >= 0.3 is 78.9 Å². The maximum atomic E-state index is 10.5. The first-order valence-corrected chi connectivity index (χ1v) is 7.05. The van der Waals surface area contributed by atoms with Crippen molar-refractivity contribution in [2.45, 2.75) is 13.8 Å². The molecular weight excluding hydrogens is 289 g/mol. The molecule has 23 heavy (non-hydrogen) atoms. The third-order valence-electron chi connectivity index (χ3n) is 2.88. The topological polar surface area (TPSA) is 83.2 Å². The molecule has 2 rings (SSSR count). The third kappa shape index (κ3) is 6.65. The number of aliphatic carboxylic acids is 1. The van der Waals surface area contributed by atoms with Crippen LogP contribution in [-0.2, 0) is 9.59 Å². The Morgan fingerprint density at radius 1 is 0.870 bits per heavy atom. The molecule has 0 amide bonds. The van der Waals surface area contributed by atoms with E-state index in [2.05, 4.69) is 55.8 Å². The van der Waals surface area contributed by atoms with E-state index in [1.165, 1.54) is 17.8 Å². The van der Waals surface area contributed by atoms with Gasteiger partial charge in [-0.3, -0.25) is 4.79 Å². The minimum atomic E-state index is -1.52. The summed E-state index contributed by atoms with van der Waals surface area (Å²) in [6, 6.07) is 20.7. The van der Waals surface area contributed by atoms with E-state index in [-0.39, 0.29) is 5.70 Å². The fourth-order valence-electron chi connectivity index (χ4n) is 1.87. The van der Waals surface area contributed by atoms with Crippen molar-refractivity contribution in [3.8, 4) is 0 Å². The van der Waals surface area contributed by atoms with Crippen molar-refractivity contribution in [1.82, 2.24) is 0 Å². The predicted molar refractivity (Wildman–Crippen MR) is 90.5 cm³/mol. The Morgan fingerprint density at radius 3 is 1.48 bits per heavy atom. The molecule has 2 aromatic rings. The summed E-state index contributed by atoms with van der Waals surface area (Å²) in [4.78, 5) is 20.6. The Kier molecular flexibility index (Phi) is 7.34. The fraction of sp³-hybridized carbons (Fsp3) is 0.111. The van der Waals surface area contributed by atoms with Gasteiger partial charge < -0.3 is 15.6 Å². The maximum absolute atomic E-state index is 10.5. The predicted octanol–water partition coefficient (Wildman–Crippen LogP) is -0.100. The van der Waals surface area contributed by atoms with Crippen LogP contribution >= 0.6 is 0 Å². The van der Waals surface area contributed by atoms with Crippen molar-refractivity contribution in [3.63, 3.8) is 0 Å². The number of nitrogens with two attached hydrogens (primary N) is 1. The molecule has 0 radical (unpaired) electrons. The van der Waals surface area contributed by atoms with Crippen LogP contribution in [0.4, 0.5) is 0 Å². The van der Waals surface area contributed by atoms with E-state index in [9.17, 15) is 14.7 Å². The number of hydrogen-bond donors (Lipinski definition) is 1. The molecule has 0 heterocycles. The molecule has 2 N–H and O–H groups in total. The monoisotopic (exact) mass is 307 g/mol. The summed E-state index contributed by atoms with van der Waals surface area (Å²) in [6.07, 6.45) is 0. The summed E-state index contributed by atoms with van der Waals surface area (Å²) in [5, 5.41) is 10.1. The molecular formula is C18H18BNO3. The number of allylic oxidation sites excluding steroid dienone is 1. The molecule has 0 aromatic heterocycles. The summed E-state index contributed by atoms with van der Waals surface area (Å²) in [5.74, 6) is -2.10. The summed E-state index contributed by atoms with van der Waals surface area (Å²) >= 11 is 0. The number of benzene rings is 2. The Bertz CT molecular complexity index is 624. The summed E-state index contributed by atoms with van der Waals surface area (Å²) < 4.78 is 0. The molecule has 0 aliphatic carbocycles. The van der Waals surface area contributed by atoms with Gasteiger partial charge in [-0.2, -0.15) is 0 Å². The summed E-state index contributed by atoms with van der Waals surface area (Å²) in [7, 11) is 2.17. The second-order valence-electron chi connectivity index (χ2n) is 4.87. The average Bonchev–Trinajstić information content (AvgIpc) is 2.48. The Morgan fingerprint density at radius 2 is 1.26 bits per heavy atom. The van der Waals surface area contributed by atoms with Gasteiger partial charge in [0, 0.05) is 5.70 Å². The SMILES string of the molecule is CC(=O)/C(C(=O)[O-])=C(/C)N.[B+](c1ccccc1)c1ccccc1. The molecule has 0 saturated heterocycles. The zero-order valence-corrected chi connectivity index (χ0v) is 13.2. The number of carbonyl (C=O) groups is 2. The molecule has 0 aliphatic rings. The third-order valence-corrected chi connectivity index (χ3v) is 2.88. The minimum absolute atomic E-state index is 0.0208. The summed E-state index contributed by atoms with van der Waals surface area (Å²) in [5.41, 5.74) is 7.10. The number of rotatable bonds is 4. The van der Waals surface area contributed by atoms with Crippen molar-refractivity contribution in [3.05, 3.63) is 71.9 Å². The standard InChI is InChI=1S/C12H10B.C6H9NO3/c1-3-7-11(8-4-1)13-12-9-5-2-6-10-12;1-3(7)5(4(2)8)6(9)10/h1-10H;7H2,1-2H3,(H,9,10)/q+1;/p-1/b;5-3+. The molecule has 4 nitrogen and oxygen atoms in total. The fourth-order valence-corrected chi connectivity index (χ4v) is 1.87. The van der Waals surface area contributed by atoms with Crippen LogP contribution in [0.2, 0.25) is 0 Å². The molecule has 0 atom stereocenters. The quantitative estimate of drug-likeness (QED) is 0.370. The van der Waals surface area contributed by atoms with Crippen molar-refractivity contribution in [1.29, 1.82) is 0 Å². The van der Waals surface area contributed by atoms with Crippen LogP contribution in [0.1, 0.15) is 13.8 Å². The molecule has 0 saturated carbocycles. The van der Waals surface area contributed by atoms with Crippen molar-refractivity contribution in [2.24, 2.45) is 5.73 Å².